The molecule has 0 saturated carbocycles. The summed E-state index contributed by atoms with van der Waals surface area (Å²) in [6.07, 6.45) is -2.43. The van der Waals surface area contributed by atoms with Crippen LogP contribution >= 0.6 is 0 Å². The molecule has 0 aliphatic heterocycles. The summed E-state index contributed by atoms with van der Waals surface area (Å²) in [6, 6.07) is 7.24. The van der Waals surface area contributed by atoms with Gasteiger partial charge < -0.3 is 10.5 Å². The van der Waals surface area contributed by atoms with Crippen LogP contribution in [0.15, 0.2) is 24.3 Å². The summed E-state index contributed by atoms with van der Waals surface area (Å²) in [5, 5.41) is 0. The molecule has 0 aliphatic carbocycles. The Morgan fingerprint density at radius 3 is 2.88 bits per heavy atom. The second-order valence-electron chi connectivity index (χ2n) is 3.11. The van der Waals surface area contributed by atoms with Crippen LogP contribution < -0.4 is 5.73 Å². The Balaban J connectivity index is 2.54. The van der Waals surface area contributed by atoms with Gasteiger partial charge in [-0.1, -0.05) is 24.0 Å². The number of alkyl halides is 2. The van der Waals surface area contributed by atoms with Crippen molar-refractivity contribution in [3.63, 3.8) is 0 Å². The molecule has 0 atom stereocenters. The highest BCUT2D eigenvalue weighted by Crippen LogP contribution is 2.06. The molecule has 0 heterocycles. The average Bonchev–Trinajstić information content (AvgIpc) is 2.26. The van der Waals surface area contributed by atoms with Gasteiger partial charge in [0.2, 0.25) is 0 Å². The molecule has 0 aliphatic rings. The number of hydrogen-bond donors (Lipinski definition) is 1. The van der Waals surface area contributed by atoms with Crippen LogP contribution in [0.4, 0.5) is 8.78 Å². The fraction of sp³-hybridized carbons (Fsp3) is 0.333. The molecule has 0 unspecified atom stereocenters. The third kappa shape index (κ3) is 4.87. The van der Waals surface area contributed by atoms with E-state index < -0.39 is 13.0 Å². The Kier molecular flexibility index (Phi) is 5.48. The first kappa shape index (κ1) is 12.6. The van der Waals surface area contributed by atoms with Crippen LogP contribution in [0.1, 0.15) is 11.1 Å². The van der Waals surface area contributed by atoms with E-state index in [-0.39, 0.29) is 6.61 Å². The van der Waals surface area contributed by atoms with Gasteiger partial charge in [-0.2, -0.15) is 0 Å². The third-order valence-electron chi connectivity index (χ3n) is 1.77. The quantitative estimate of drug-likeness (QED) is 0.793. The molecule has 1 aromatic rings. The summed E-state index contributed by atoms with van der Waals surface area (Å²) in [5.41, 5.74) is 6.88. The molecular weight excluding hydrogens is 212 g/mol. The standard InChI is InChI=1S/C12H13F2NO/c13-12(14)9-16-8-11-4-1-3-10(7-11)5-2-6-15/h1,3-4,7,12H,6,8-9,15H2. The van der Waals surface area contributed by atoms with E-state index >= 15 is 0 Å². The van der Waals surface area contributed by atoms with Crippen molar-refractivity contribution >= 4 is 0 Å². The summed E-state index contributed by atoms with van der Waals surface area (Å²) >= 11 is 0. The Labute approximate surface area is 93.4 Å². The number of nitrogens with two attached hydrogens (primary N) is 1. The predicted molar refractivity (Wildman–Crippen MR) is 58.0 cm³/mol. The lowest BCUT2D eigenvalue weighted by Crippen LogP contribution is -2.04. The first-order valence-corrected chi connectivity index (χ1v) is 4.86. The summed E-state index contributed by atoms with van der Waals surface area (Å²) in [7, 11) is 0. The van der Waals surface area contributed by atoms with Crippen molar-refractivity contribution in [2.24, 2.45) is 5.73 Å². The van der Waals surface area contributed by atoms with Crippen LogP contribution in [-0.4, -0.2) is 19.6 Å². The maximum absolute atomic E-state index is 11.8. The SMILES string of the molecule is NCC#Cc1cccc(COCC(F)F)c1. The summed E-state index contributed by atoms with van der Waals surface area (Å²) < 4.78 is 28.5. The topological polar surface area (TPSA) is 35.2 Å². The molecular formula is C12H13F2NO. The van der Waals surface area contributed by atoms with E-state index in [0.717, 1.165) is 11.1 Å². The number of rotatable bonds is 4. The minimum absolute atomic E-state index is 0.169. The van der Waals surface area contributed by atoms with Crippen LogP contribution in [0, 0.1) is 11.8 Å². The minimum Gasteiger partial charge on any atom is -0.371 e. The highest BCUT2D eigenvalue weighted by Gasteiger charge is 2.02. The van der Waals surface area contributed by atoms with Crippen molar-refractivity contribution in [3.8, 4) is 11.8 Å². The van der Waals surface area contributed by atoms with E-state index in [1.165, 1.54) is 0 Å². The zero-order valence-corrected chi connectivity index (χ0v) is 8.75. The monoisotopic (exact) mass is 225 g/mol. The van der Waals surface area contributed by atoms with Crippen molar-refractivity contribution in [1.82, 2.24) is 0 Å². The zero-order chi connectivity index (χ0) is 11.8. The first-order valence-electron chi connectivity index (χ1n) is 4.86. The number of hydrogen-bond acceptors (Lipinski definition) is 2. The number of halogens is 2. The Hall–Kier alpha value is -1.44. The summed E-state index contributed by atoms with van der Waals surface area (Å²) in [5.74, 6) is 5.59. The summed E-state index contributed by atoms with van der Waals surface area (Å²) in [6.45, 7) is -0.0761. The Bertz CT molecular complexity index is 382. The predicted octanol–water partition coefficient (Wildman–Crippen LogP) is 1.78. The van der Waals surface area contributed by atoms with E-state index in [9.17, 15) is 8.78 Å². The molecule has 2 nitrogen and oxygen atoms in total. The van der Waals surface area contributed by atoms with E-state index in [4.69, 9.17) is 10.5 Å². The highest BCUT2D eigenvalue weighted by molar-refractivity contribution is 5.37. The molecule has 0 spiro atoms. The van der Waals surface area contributed by atoms with Gasteiger partial charge in [0.05, 0.1) is 13.2 Å². The lowest BCUT2D eigenvalue weighted by atomic mass is 10.1. The minimum atomic E-state index is -2.43. The number of benzene rings is 1. The van der Waals surface area contributed by atoms with Gasteiger partial charge in [-0.15, -0.1) is 0 Å². The second-order valence-corrected chi connectivity index (χ2v) is 3.11. The normalized spacial score (nSPS) is 10.0. The molecule has 1 rings (SSSR count). The van der Waals surface area contributed by atoms with Gasteiger partial charge >= 0.3 is 0 Å². The lowest BCUT2D eigenvalue weighted by molar-refractivity contribution is 0.00988. The number of ether oxygens (including phenoxy) is 1. The van der Waals surface area contributed by atoms with Gasteiger partial charge in [0.1, 0.15) is 6.61 Å². The van der Waals surface area contributed by atoms with E-state index in [1.807, 2.05) is 12.1 Å². The molecule has 86 valence electrons. The smallest absolute Gasteiger partial charge is 0.261 e. The molecule has 0 amide bonds. The van der Waals surface area contributed by atoms with Gasteiger partial charge in [0, 0.05) is 5.56 Å². The fourth-order valence-corrected chi connectivity index (χ4v) is 1.16. The third-order valence-corrected chi connectivity index (χ3v) is 1.77. The van der Waals surface area contributed by atoms with Crippen molar-refractivity contribution in [3.05, 3.63) is 35.4 Å². The van der Waals surface area contributed by atoms with Crippen LogP contribution in [-0.2, 0) is 11.3 Å². The molecule has 0 saturated heterocycles. The molecule has 0 fully saturated rings. The van der Waals surface area contributed by atoms with Crippen LogP contribution in [0.3, 0.4) is 0 Å². The van der Waals surface area contributed by atoms with E-state index in [1.54, 1.807) is 12.1 Å². The van der Waals surface area contributed by atoms with Crippen LogP contribution in [0.5, 0.6) is 0 Å². The van der Waals surface area contributed by atoms with Crippen molar-refractivity contribution in [2.75, 3.05) is 13.2 Å². The maximum atomic E-state index is 11.8. The Morgan fingerprint density at radius 2 is 2.19 bits per heavy atom. The van der Waals surface area contributed by atoms with Gasteiger partial charge in [0.15, 0.2) is 0 Å². The van der Waals surface area contributed by atoms with Gasteiger partial charge in [0.25, 0.3) is 6.43 Å². The molecule has 2 N–H and O–H groups in total. The Morgan fingerprint density at radius 1 is 1.38 bits per heavy atom. The molecule has 0 radical (unpaired) electrons. The van der Waals surface area contributed by atoms with Crippen LogP contribution in [0.2, 0.25) is 0 Å². The van der Waals surface area contributed by atoms with Crippen LogP contribution in [0.25, 0.3) is 0 Å². The zero-order valence-electron chi connectivity index (χ0n) is 8.75. The molecule has 16 heavy (non-hydrogen) atoms. The molecule has 0 aromatic heterocycles. The van der Waals surface area contributed by atoms with E-state index in [2.05, 4.69) is 11.8 Å². The average molecular weight is 225 g/mol. The van der Waals surface area contributed by atoms with Crippen molar-refractivity contribution in [2.45, 2.75) is 13.0 Å². The lowest BCUT2D eigenvalue weighted by Gasteiger charge is -2.03. The largest absolute Gasteiger partial charge is 0.371 e. The van der Waals surface area contributed by atoms with E-state index in [0.29, 0.717) is 6.54 Å². The molecule has 4 heteroatoms. The second kappa shape index (κ2) is 6.94. The first-order chi connectivity index (χ1) is 7.72. The van der Waals surface area contributed by atoms with Crippen molar-refractivity contribution < 1.29 is 13.5 Å². The van der Waals surface area contributed by atoms with Gasteiger partial charge in [-0.05, 0) is 17.7 Å². The maximum Gasteiger partial charge on any atom is 0.261 e. The van der Waals surface area contributed by atoms with Crippen molar-refractivity contribution in [1.29, 1.82) is 0 Å². The highest BCUT2D eigenvalue weighted by atomic mass is 19.3. The summed E-state index contributed by atoms with van der Waals surface area (Å²) in [4.78, 5) is 0. The molecule has 0 bridgehead atoms. The molecule has 1 aromatic carbocycles. The fourth-order valence-electron chi connectivity index (χ4n) is 1.16. The van der Waals surface area contributed by atoms with Gasteiger partial charge in [-0.3, -0.25) is 0 Å². The van der Waals surface area contributed by atoms with Gasteiger partial charge in [-0.25, -0.2) is 8.78 Å².